The summed E-state index contributed by atoms with van der Waals surface area (Å²) in [5.41, 5.74) is 6.40. The van der Waals surface area contributed by atoms with Crippen LogP contribution in [0, 0.1) is 20.8 Å². The van der Waals surface area contributed by atoms with Gasteiger partial charge >= 0.3 is 0 Å². The van der Waals surface area contributed by atoms with Gasteiger partial charge in [-0.25, -0.2) is 4.98 Å². The van der Waals surface area contributed by atoms with Crippen LogP contribution >= 0.6 is 11.8 Å². The highest BCUT2D eigenvalue weighted by atomic mass is 32.2. The van der Waals surface area contributed by atoms with Gasteiger partial charge in [0.25, 0.3) is 11.5 Å². The van der Waals surface area contributed by atoms with E-state index in [9.17, 15) is 9.59 Å². The second kappa shape index (κ2) is 9.70. The number of aromatic nitrogens is 2. The van der Waals surface area contributed by atoms with Crippen LogP contribution in [0.15, 0.2) is 70.6 Å². The fraction of sp³-hybridized carbons (Fsp3) is 0.276. The summed E-state index contributed by atoms with van der Waals surface area (Å²) in [4.78, 5) is 33.6. The van der Waals surface area contributed by atoms with E-state index in [1.807, 2.05) is 30.9 Å². The molecule has 3 aromatic carbocycles. The molecule has 1 aliphatic rings. The van der Waals surface area contributed by atoms with Crippen molar-refractivity contribution >= 4 is 28.6 Å². The van der Waals surface area contributed by atoms with Crippen molar-refractivity contribution in [1.29, 1.82) is 0 Å². The molecular weight excluding hydrogens is 454 g/mol. The number of rotatable bonds is 5. The topological polar surface area (TPSA) is 55.2 Å². The molecule has 1 amide bonds. The molecule has 178 valence electrons. The first-order valence-corrected chi connectivity index (χ1v) is 13.0. The summed E-state index contributed by atoms with van der Waals surface area (Å²) in [6, 6.07) is 19.8. The van der Waals surface area contributed by atoms with Crippen LogP contribution in [-0.4, -0.2) is 33.4 Å². The number of aryl methyl sites for hydroxylation is 3. The van der Waals surface area contributed by atoms with Crippen LogP contribution in [0.25, 0.3) is 16.6 Å². The van der Waals surface area contributed by atoms with Crippen molar-refractivity contribution in [3.05, 3.63) is 98.8 Å². The van der Waals surface area contributed by atoms with E-state index in [1.165, 1.54) is 22.9 Å². The number of likely N-dealkylation sites (tertiary alicyclic amines) is 1. The van der Waals surface area contributed by atoms with Crippen LogP contribution in [0.2, 0.25) is 0 Å². The first-order chi connectivity index (χ1) is 16.9. The van der Waals surface area contributed by atoms with Gasteiger partial charge in [-0.3, -0.25) is 14.2 Å². The van der Waals surface area contributed by atoms with E-state index in [-0.39, 0.29) is 11.5 Å². The van der Waals surface area contributed by atoms with Crippen molar-refractivity contribution in [3.63, 3.8) is 0 Å². The molecule has 2 heterocycles. The highest BCUT2D eigenvalue weighted by Gasteiger charge is 2.21. The van der Waals surface area contributed by atoms with Crippen LogP contribution in [0.1, 0.15) is 45.5 Å². The van der Waals surface area contributed by atoms with Crippen molar-refractivity contribution in [2.24, 2.45) is 0 Å². The molecule has 0 radical (unpaired) electrons. The maximum absolute atomic E-state index is 13.8. The van der Waals surface area contributed by atoms with Gasteiger partial charge in [-0.2, -0.15) is 0 Å². The van der Waals surface area contributed by atoms with Gasteiger partial charge in [0.2, 0.25) is 0 Å². The number of amides is 1. The third-order valence-corrected chi connectivity index (χ3v) is 7.44. The zero-order chi connectivity index (χ0) is 24.5. The third kappa shape index (κ3) is 4.89. The highest BCUT2D eigenvalue weighted by Crippen LogP contribution is 2.26. The minimum Gasteiger partial charge on any atom is -0.339 e. The number of thioether (sulfide) groups is 1. The molecule has 5 rings (SSSR count). The van der Waals surface area contributed by atoms with E-state index >= 15 is 0 Å². The summed E-state index contributed by atoms with van der Waals surface area (Å²) in [6.45, 7) is 7.71. The first kappa shape index (κ1) is 23.4. The van der Waals surface area contributed by atoms with Crippen LogP contribution in [0.5, 0.6) is 0 Å². The summed E-state index contributed by atoms with van der Waals surface area (Å²) >= 11 is 1.54. The number of fused-ring (bicyclic) bond motifs is 1. The smallest absolute Gasteiger partial charge is 0.266 e. The molecule has 0 N–H and O–H groups in total. The van der Waals surface area contributed by atoms with Gasteiger partial charge in [-0.1, -0.05) is 47.7 Å². The Bertz CT molecular complexity index is 1450. The molecule has 0 aliphatic carbocycles. The Morgan fingerprint density at radius 2 is 1.57 bits per heavy atom. The van der Waals surface area contributed by atoms with Crippen LogP contribution in [0.4, 0.5) is 0 Å². The lowest BCUT2D eigenvalue weighted by Crippen LogP contribution is -2.28. The molecular formula is C29H29N3O2S. The monoisotopic (exact) mass is 483 g/mol. The Hall–Kier alpha value is -3.38. The van der Waals surface area contributed by atoms with Gasteiger partial charge in [-0.05, 0) is 80.6 Å². The average Bonchev–Trinajstić information content (AvgIpc) is 3.37. The highest BCUT2D eigenvalue weighted by molar-refractivity contribution is 7.98. The van der Waals surface area contributed by atoms with Crippen LogP contribution in [-0.2, 0) is 5.75 Å². The second-order valence-electron chi connectivity index (χ2n) is 9.39. The minimum absolute atomic E-state index is 0.0125. The molecule has 1 saturated heterocycles. The molecule has 6 heteroatoms. The summed E-state index contributed by atoms with van der Waals surface area (Å²) in [7, 11) is 0. The predicted molar refractivity (Wildman–Crippen MR) is 143 cm³/mol. The quantitative estimate of drug-likeness (QED) is 0.264. The van der Waals surface area contributed by atoms with Crippen molar-refractivity contribution < 1.29 is 4.79 Å². The van der Waals surface area contributed by atoms with Gasteiger partial charge in [0.05, 0.1) is 16.6 Å². The molecule has 5 nitrogen and oxygen atoms in total. The molecule has 0 spiro atoms. The average molecular weight is 484 g/mol. The molecule has 1 fully saturated rings. The Morgan fingerprint density at radius 1 is 0.886 bits per heavy atom. The molecule has 0 saturated carbocycles. The number of carbonyl (C=O) groups is 1. The van der Waals surface area contributed by atoms with Crippen molar-refractivity contribution in [3.8, 4) is 5.69 Å². The normalized spacial score (nSPS) is 13.5. The van der Waals surface area contributed by atoms with E-state index in [2.05, 4.69) is 37.3 Å². The number of hydrogen-bond donors (Lipinski definition) is 0. The predicted octanol–water partition coefficient (Wildman–Crippen LogP) is 5.84. The van der Waals surface area contributed by atoms with Gasteiger partial charge in [0, 0.05) is 24.4 Å². The summed E-state index contributed by atoms with van der Waals surface area (Å²) in [6.07, 6.45) is 2.08. The summed E-state index contributed by atoms with van der Waals surface area (Å²) in [5.74, 6) is 0.702. The molecule has 0 unspecified atom stereocenters. The fourth-order valence-electron chi connectivity index (χ4n) is 4.64. The van der Waals surface area contributed by atoms with Gasteiger partial charge < -0.3 is 4.90 Å². The summed E-state index contributed by atoms with van der Waals surface area (Å²) in [5, 5.41) is 1.14. The Balaban J connectivity index is 1.62. The SMILES string of the molecule is Cc1ccc(CSc2nc3cc(C(=O)N4CCCC4)ccc3c(=O)n2-c2cc(C)cc(C)c2)cc1. The third-order valence-electron chi connectivity index (χ3n) is 6.43. The lowest BCUT2D eigenvalue weighted by Gasteiger charge is -2.17. The van der Waals surface area contributed by atoms with E-state index in [4.69, 9.17) is 4.98 Å². The Kier molecular flexibility index (Phi) is 6.48. The largest absolute Gasteiger partial charge is 0.339 e. The Labute approximate surface area is 209 Å². The van der Waals surface area contributed by atoms with Gasteiger partial charge in [0.1, 0.15) is 0 Å². The van der Waals surface area contributed by atoms with Crippen molar-refractivity contribution in [2.75, 3.05) is 13.1 Å². The number of nitrogens with zero attached hydrogens (tertiary/aromatic N) is 3. The number of benzene rings is 3. The second-order valence-corrected chi connectivity index (χ2v) is 10.3. The van der Waals surface area contributed by atoms with Gasteiger partial charge in [-0.15, -0.1) is 0 Å². The standard InChI is InChI=1S/C29H29N3O2S/c1-19-6-8-22(9-7-19)18-35-29-30-26-17-23(27(33)31-12-4-5-13-31)10-11-25(26)28(34)32(29)24-15-20(2)14-21(3)16-24/h6-11,14-17H,4-5,12-13,18H2,1-3H3. The molecule has 0 atom stereocenters. The molecule has 1 aliphatic heterocycles. The zero-order valence-corrected chi connectivity index (χ0v) is 21.2. The lowest BCUT2D eigenvalue weighted by atomic mass is 10.1. The van der Waals surface area contributed by atoms with E-state index in [0.717, 1.165) is 42.7 Å². The minimum atomic E-state index is -0.119. The van der Waals surface area contributed by atoms with Gasteiger partial charge in [0.15, 0.2) is 5.16 Å². The molecule has 1 aromatic heterocycles. The lowest BCUT2D eigenvalue weighted by molar-refractivity contribution is 0.0793. The maximum Gasteiger partial charge on any atom is 0.266 e. The Morgan fingerprint density at radius 3 is 2.26 bits per heavy atom. The van der Waals surface area contributed by atoms with E-state index in [1.54, 1.807) is 22.8 Å². The number of carbonyl (C=O) groups excluding carboxylic acids is 1. The van der Waals surface area contributed by atoms with Crippen molar-refractivity contribution in [2.45, 2.75) is 44.5 Å². The molecule has 35 heavy (non-hydrogen) atoms. The van der Waals surface area contributed by atoms with E-state index < -0.39 is 0 Å². The fourth-order valence-corrected chi connectivity index (χ4v) is 5.61. The van der Waals surface area contributed by atoms with Crippen LogP contribution < -0.4 is 5.56 Å². The zero-order valence-electron chi connectivity index (χ0n) is 20.4. The maximum atomic E-state index is 13.8. The van der Waals surface area contributed by atoms with Crippen LogP contribution in [0.3, 0.4) is 0 Å². The number of hydrogen-bond acceptors (Lipinski definition) is 4. The molecule has 0 bridgehead atoms. The first-order valence-electron chi connectivity index (χ1n) is 12.0. The van der Waals surface area contributed by atoms with E-state index in [0.29, 0.717) is 27.4 Å². The molecule has 4 aromatic rings. The van der Waals surface area contributed by atoms with Crippen molar-refractivity contribution in [1.82, 2.24) is 14.5 Å². The summed E-state index contributed by atoms with van der Waals surface area (Å²) < 4.78 is 1.71.